The van der Waals surface area contributed by atoms with Crippen LogP contribution in [0, 0.1) is 10.1 Å². The Morgan fingerprint density at radius 1 is 1.32 bits per heavy atom. The van der Waals surface area contributed by atoms with Crippen LogP contribution in [0.5, 0.6) is 0 Å². The number of benzene rings is 1. The number of rotatable bonds is 6. The molecule has 1 aromatic carbocycles. The summed E-state index contributed by atoms with van der Waals surface area (Å²) in [6, 6.07) is 5.14. The molecule has 0 spiro atoms. The van der Waals surface area contributed by atoms with E-state index in [9.17, 15) is 24.5 Å². The molecule has 0 unspecified atom stereocenters. The second-order valence-corrected chi connectivity index (χ2v) is 6.35. The van der Waals surface area contributed by atoms with E-state index < -0.39 is 29.3 Å². The van der Waals surface area contributed by atoms with Gasteiger partial charge >= 0.3 is 5.97 Å². The Hall–Kier alpha value is -2.79. The Labute approximate surface area is 153 Å². The summed E-state index contributed by atoms with van der Waals surface area (Å²) in [5.74, 6) is -2.27. The Bertz CT molecular complexity index is 866. The molecule has 2 rings (SSSR count). The van der Waals surface area contributed by atoms with E-state index in [4.69, 9.17) is 10.5 Å². The molecule has 0 aliphatic carbocycles. The maximum atomic E-state index is 11.9. The highest BCUT2D eigenvalue weighted by Gasteiger charge is 2.18. The van der Waals surface area contributed by atoms with Crippen LogP contribution in [0.4, 0.5) is 10.7 Å². The number of ether oxygens (including phenoxy) is 1. The average molecular weight is 428 g/mol. The highest BCUT2D eigenvalue weighted by atomic mass is 79.9. The van der Waals surface area contributed by atoms with Gasteiger partial charge in [0.2, 0.25) is 0 Å². The number of carbonyl (C=O) groups is 3. The van der Waals surface area contributed by atoms with E-state index in [1.807, 2.05) is 0 Å². The SMILES string of the molecule is NC(=O)c1ccsc1NC(=O)COC(=O)c1ccc(Br)c([N+](=O)[O-])c1. The zero-order chi connectivity index (χ0) is 18.6. The fourth-order valence-electron chi connectivity index (χ4n) is 1.76. The van der Waals surface area contributed by atoms with Gasteiger partial charge in [-0.05, 0) is 39.5 Å². The maximum absolute atomic E-state index is 11.9. The normalized spacial score (nSPS) is 10.1. The lowest BCUT2D eigenvalue weighted by Gasteiger charge is -2.06. The topological polar surface area (TPSA) is 142 Å². The number of primary amides is 1. The van der Waals surface area contributed by atoms with Crippen LogP contribution in [0.25, 0.3) is 0 Å². The van der Waals surface area contributed by atoms with Gasteiger partial charge in [-0.25, -0.2) is 4.79 Å². The lowest BCUT2D eigenvalue weighted by atomic mass is 10.2. The van der Waals surface area contributed by atoms with Gasteiger partial charge in [0.15, 0.2) is 6.61 Å². The second kappa shape index (κ2) is 7.85. The monoisotopic (exact) mass is 427 g/mol. The first-order valence-corrected chi connectivity index (χ1v) is 8.25. The highest BCUT2D eigenvalue weighted by molar-refractivity contribution is 9.10. The molecule has 0 saturated heterocycles. The molecule has 0 radical (unpaired) electrons. The molecule has 11 heteroatoms. The fraction of sp³-hybridized carbons (Fsp3) is 0.0714. The molecule has 2 amide bonds. The van der Waals surface area contributed by atoms with Gasteiger partial charge in [-0.2, -0.15) is 0 Å². The van der Waals surface area contributed by atoms with Crippen LogP contribution in [0.1, 0.15) is 20.7 Å². The van der Waals surface area contributed by atoms with Gasteiger partial charge in [-0.3, -0.25) is 19.7 Å². The molecular weight excluding hydrogens is 418 g/mol. The molecule has 0 fully saturated rings. The summed E-state index contributed by atoms with van der Waals surface area (Å²) in [4.78, 5) is 45.1. The van der Waals surface area contributed by atoms with Crippen LogP contribution >= 0.6 is 27.3 Å². The molecule has 9 nitrogen and oxygen atoms in total. The number of anilines is 1. The summed E-state index contributed by atoms with van der Waals surface area (Å²) in [7, 11) is 0. The number of thiophene rings is 1. The van der Waals surface area contributed by atoms with E-state index in [0.717, 1.165) is 17.4 Å². The summed E-state index contributed by atoms with van der Waals surface area (Å²) < 4.78 is 5.02. The fourth-order valence-corrected chi connectivity index (χ4v) is 2.96. The third kappa shape index (κ3) is 4.61. The van der Waals surface area contributed by atoms with Crippen molar-refractivity contribution in [3.63, 3.8) is 0 Å². The van der Waals surface area contributed by atoms with Crippen LogP contribution in [0.15, 0.2) is 34.1 Å². The molecule has 0 saturated carbocycles. The second-order valence-electron chi connectivity index (χ2n) is 4.58. The van der Waals surface area contributed by atoms with Crippen molar-refractivity contribution in [3.8, 4) is 0 Å². The van der Waals surface area contributed by atoms with Crippen LogP contribution in [-0.4, -0.2) is 29.3 Å². The molecule has 1 aromatic heterocycles. The third-order valence-electron chi connectivity index (χ3n) is 2.90. The van der Waals surface area contributed by atoms with Crippen LogP contribution in [0.3, 0.4) is 0 Å². The van der Waals surface area contributed by atoms with E-state index in [2.05, 4.69) is 21.2 Å². The quantitative estimate of drug-likeness (QED) is 0.411. The van der Waals surface area contributed by atoms with Crippen LogP contribution in [0.2, 0.25) is 0 Å². The van der Waals surface area contributed by atoms with Crippen molar-refractivity contribution in [2.75, 3.05) is 11.9 Å². The summed E-state index contributed by atoms with van der Waals surface area (Å²) >= 11 is 4.09. The van der Waals surface area contributed by atoms with Crippen molar-refractivity contribution >= 4 is 55.7 Å². The predicted octanol–water partition coefficient (Wildman–Crippen LogP) is 2.31. The number of esters is 1. The number of halogens is 1. The third-order valence-corrected chi connectivity index (χ3v) is 4.40. The van der Waals surface area contributed by atoms with Crippen molar-refractivity contribution < 1.29 is 24.0 Å². The smallest absolute Gasteiger partial charge is 0.338 e. The van der Waals surface area contributed by atoms with Gasteiger partial charge in [0.1, 0.15) is 5.00 Å². The Balaban J connectivity index is 1.99. The Kier molecular flexibility index (Phi) is 5.83. The minimum atomic E-state index is -0.896. The number of nitro benzene ring substituents is 1. The Morgan fingerprint density at radius 2 is 2.04 bits per heavy atom. The molecule has 0 bridgehead atoms. The molecular formula is C14H10BrN3O6S. The largest absolute Gasteiger partial charge is 0.452 e. The van der Waals surface area contributed by atoms with Gasteiger partial charge in [0.25, 0.3) is 17.5 Å². The molecule has 130 valence electrons. The molecule has 2 aromatic rings. The zero-order valence-electron chi connectivity index (χ0n) is 12.4. The molecule has 25 heavy (non-hydrogen) atoms. The first-order chi connectivity index (χ1) is 11.8. The number of carbonyl (C=O) groups excluding carboxylic acids is 3. The van der Waals surface area contributed by atoms with Crippen LogP contribution in [-0.2, 0) is 9.53 Å². The van der Waals surface area contributed by atoms with Gasteiger partial charge < -0.3 is 15.8 Å². The highest BCUT2D eigenvalue weighted by Crippen LogP contribution is 2.26. The van der Waals surface area contributed by atoms with Crippen molar-refractivity contribution in [3.05, 3.63) is 55.4 Å². The van der Waals surface area contributed by atoms with Gasteiger partial charge in [0, 0.05) is 6.07 Å². The number of nitrogens with two attached hydrogens (primary N) is 1. The Morgan fingerprint density at radius 3 is 2.68 bits per heavy atom. The minimum absolute atomic E-state index is 0.0725. The van der Waals surface area contributed by atoms with Gasteiger partial charge in [-0.15, -0.1) is 11.3 Å². The van der Waals surface area contributed by atoms with Crippen molar-refractivity contribution in [1.29, 1.82) is 0 Å². The van der Waals surface area contributed by atoms with E-state index in [1.165, 1.54) is 18.2 Å². The number of hydrogen-bond donors (Lipinski definition) is 2. The van der Waals surface area contributed by atoms with Crippen molar-refractivity contribution in [1.82, 2.24) is 0 Å². The average Bonchev–Trinajstić information content (AvgIpc) is 3.01. The first kappa shape index (κ1) is 18.5. The van der Waals surface area contributed by atoms with Gasteiger partial charge in [-0.1, -0.05) is 0 Å². The summed E-state index contributed by atoms with van der Waals surface area (Å²) in [5.41, 5.74) is 4.93. The molecule has 3 N–H and O–H groups in total. The maximum Gasteiger partial charge on any atom is 0.338 e. The molecule has 0 atom stereocenters. The number of amides is 2. The number of hydrogen-bond acceptors (Lipinski definition) is 7. The van der Waals surface area contributed by atoms with Gasteiger partial charge in [0.05, 0.1) is 20.5 Å². The van der Waals surface area contributed by atoms with E-state index >= 15 is 0 Å². The lowest BCUT2D eigenvalue weighted by molar-refractivity contribution is -0.385. The minimum Gasteiger partial charge on any atom is -0.452 e. The lowest BCUT2D eigenvalue weighted by Crippen LogP contribution is -2.22. The number of nitrogens with zero attached hydrogens (tertiary/aromatic N) is 1. The first-order valence-electron chi connectivity index (χ1n) is 6.58. The zero-order valence-corrected chi connectivity index (χ0v) is 14.8. The molecule has 0 aliphatic rings. The molecule has 1 heterocycles. The summed E-state index contributed by atoms with van der Waals surface area (Å²) in [6.45, 7) is -0.626. The summed E-state index contributed by atoms with van der Waals surface area (Å²) in [6.07, 6.45) is 0. The number of nitrogens with one attached hydrogen (secondary N) is 1. The van der Waals surface area contributed by atoms with Crippen LogP contribution < -0.4 is 11.1 Å². The molecule has 0 aliphatic heterocycles. The van der Waals surface area contributed by atoms with Crippen molar-refractivity contribution in [2.24, 2.45) is 5.73 Å². The van der Waals surface area contributed by atoms with E-state index in [0.29, 0.717) is 0 Å². The predicted molar refractivity (Wildman–Crippen MR) is 92.5 cm³/mol. The number of nitro groups is 1. The summed E-state index contributed by atoms with van der Waals surface area (Å²) in [5, 5.41) is 15.1. The van der Waals surface area contributed by atoms with E-state index in [-0.39, 0.29) is 26.3 Å². The van der Waals surface area contributed by atoms with E-state index in [1.54, 1.807) is 5.38 Å². The standard InChI is InChI=1S/C14H10BrN3O6S/c15-9-2-1-7(5-10(9)18(22)23)14(21)24-6-11(19)17-13-8(12(16)20)3-4-25-13/h1-5H,6H2,(H2,16,20)(H,17,19). The van der Waals surface area contributed by atoms with Crippen molar-refractivity contribution in [2.45, 2.75) is 0 Å².